The second kappa shape index (κ2) is 7.27. The molecule has 1 amide bonds. The minimum atomic E-state index is -0.382. The molecule has 0 bridgehead atoms. The topological polar surface area (TPSA) is 82.8 Å². The van der Waals surface area contributed by atoms with E-state index in [9.17, 15) is 4.79 Å². The Morgan fingerprint density at radius 2 is 1.84 bits per heavy atom. The summed E-state index contributed by atoms with van der Waals surface area (Å²) in [5.41, 5.74) is 1.92. The number of nitrogens with one attached hydrogen (secondary N) is 1. The van der Waals surface area contributed by atoms with Crippen LogP contribution in [-0.4, -0.2) is 32.4 Å². The number of rotatable bonds is 6. The van der Waals surface area contributed by atoms with E-state index in [4.69, 9.17) is 18.7 Å². The van der Waals surface area contributed by atoms with E-state index in [1.165, 1.54) is 21.3 Å². The Bertz CT molecular complexity index is 848. The van der Waals surface area contributed by atoms with Crippen LogP contribution in [0, 0.1) is 0 Å². The predicted molar refractivity (Wildman–Crippen MR) is 93.9 cm³/mol. The third kappa shape index (κ3) is 3.43. The number of hydrogen-bond donors (Lipinski definition) is 1. The lowest BCUT2D eigenvalue weighted by Gasteiger charge is -2.13. The van der Waals surface area contributed by atoms with Crippen LogP contribution in [-0.2, 0) is 0 Å². The quantitative estimate of drug-likeness (QED) is 0.722. The molecule has 0 atom stereocenters. The van der Waals surface area contributed by atoms with Gasteiger partial charge in [0.15, 0.2) is 11.5 Å². The second-order valence-electron chi connectivity index (χ2n) is 4.96. The maximum atomic E-state index is 12.5. The summed E-state index contributed by atoms with van der Waals surface area (Å²) in [7, 11) is 4.48. The molecular weight excluding hydrogens is 344 g/mol. The fourth-order valence-electron chi connectivity index (χ4n) is 2.28. The van der Waals surface area contributed by atoms with E-state index in [-0.39, 0.29) is 11.8 Å². The molecule has 130 valence electrons. The summed E-state index contributed by atoms with van der Waals surface area (Å²) in [6, 6.07) is 6.71. The second-order valence-corrected chi connectivity index (χ2v) is 5.74. The van der Waals surface area contributed by atoms with Crippen molar-refractivity contribution < 1.29 is 23.5 Å². The van der Waals surface area contributed by atoms with Gasteiger partial charge in [-0.05, 0) is 23.6 Å². The smallest absolute Gasteiger partial charge is 0.258 e. The number of nitrogens with zero attached hydrogens (tertiary/aromatic N) is 1. The van der Waals surface area contributed by atoms with E-state index in [0.717, 1.165) is 5.56 Å². The molecule has 2 heterocycles. The normalized spacial score (nSPS) is 10.4. The van der Waals surface area contributed by atoms with Crippen LogP contribution in [0.25, 0.3) is 11.3 Å². The average Bonchev–Trinajstić information content (AvgIpc) is 3.31. The predicted octanol–water partition coefficient (Wildman–Crippen LogP) is 3.68. The Balaban J connectivity index is 1.84. The van der Waals surface area contributed by atoms with Crippen LogP contribution in [0.4, 0.5) is 5.88 Å². The number of hydrogen-bond acceptors (Lipinski definition) is 7. The van der Waals surface area contributed by atoms with Crippen LogP contribution in [0.1, 0.15) is 10.4 Å². The Labute approximate surface area is 148 Å². The minimum absolute atomic E-state index is 0.250. The number of benzene rings is 1. The van der Waals surface area contributed by atoms with Crippen molar-refractivity contribution in [2.45, 2.75) is 0 Å². The minimum Gasteiger partial charge on any atom is -0.493 e. The molecule has 3 aromatic rings. The van der Waals surface area contributed by atoms with E-state index >= 15 is 0 Å². The van der Waals surface area contributed by atoms with Crippen LogP contribution in [0.5, 0.6) is 17.2 Å². The third-order valence-corrected chi connectivity index (χ3v) is 4.17. The molecule has 0 saturated heterocycles. The highest BCUT2D eigenvalue weighted by atomic mass is 32.1. The monoisotopic (exact) mass is 360 g/mol. The number of methoxy groups -OCH3 is 3. The Morgan fingerprint density at radius 3 is 2.40 bits per heavy atom. The van der Waals surface area contributed by atoms with E-state index < -0.39 is 0 Å². The molecule has 8 heteroatoms. The van der Waals surface area contributed by atoms with Gasteiger partial charge in [0.1, 0.15) is 5.69 Å². The van der Waals surface area contributed by atoms with Crippen LogP contribution in [0.15, 0.2) is 39.5 Å². The van der Waals surface area contributed by atoms with Crippen LogP contribution >= 0.6 is 11.3 Å². The van der Waals surface area contributed by atoms with Crippen molar-refractivity contribution in [3.8, 4) is 28.5 Å². The maximum absolute atomic E-state index is 12.5. The van der Waals surface area contributed by atoms with Gasteiger partial charge in [-0.1, -0.05) is 5.16 Å². The number of carbonyl (C=O) groups is 1. The first kappa shape index (κ1) is 16.8. The molecule has 1 aromatic carbocycles. The summed E-state index contributed by atoms with van der Waals surface area (Å²) in [6.07, 6.45) is 0. The Morgan fingerprint density at radius 1 is 1.12 bits per heavy atom. The molecule has 0 aliphatic rings. The maximum Gasteiger partial charge on any atom is 0.258 e. The van der Waals surface area contributed by atoms with Gasteiger partial charge in [-0.2, -0.15) is 11.3 Å². The molecule has 0 saturated carbocycles. The summed E-state index contributed by atoms with van der Waals surface area (Å²) < 4.78 is 20.9. The SMILES string of the molecule is COc1cc(C(=O)Nc2cc(-c3ccsc3)no2)cc(OC)c1OC. The molecule has 0 fully saturated rings. The highest BCUT2D eigenvalue weighted by Crippen LogP contribution is 2.38. The Kier molecular flexibility index (Phi) is 4.90. The fourth-order valence-corrected chi connectivity index (χ4v) is 2.93. The molecule has 25 heavy (non-hydrogen) atoms. The molecule has 2 aromatic heterocycles. The standard InChI is InChI=1S/C17H16N2O5S/c1-21-13-6-11(7-14(22-2)16(13)23-3)17(20)18-15-8-12(19-24-15)10-4-5-25-9-10/h4-9H,1-3H3,(H,18,20). The van der Waals surface area contributed by atoms with E-state index in [0.29, 0.717) is 28.5 Å². The molecule has 0 aliphatic heterocycles. The fraction of sp³-hybridized carbons (Fsp3) is 0.176. The Hall–Kier alpha value is -3.00. The molecule has 0 spiro atoms. The highest BCUT2D eigenvalue weighted by Gasteiger charge is 2.18. The largest absolute Gasteiger partial charge is 0.493 e. The number of carbonyl (C=O) groups excluding carboxylic acids is 1. The van der Waals surface area contributed by atoms with Gasteiger partial charge < -0.3 is 18.7 Å². The lowest BCUT2D eigenvalue weighted by atomic mass is 10.1. The number of amides is 1. The van der Waals surface area contributed by atoms with Gasteiger partial charge in [-0.3, -0.25) is 10.1 Å². The van der Waals surface area contributed by atoms with Crippen molar-refractivity contribution in [3.63, 3.8) is 0 Å². The van der Waals surface area contributed by atoms with Gasteiger partial charge >= 0.3 is 0 Å². The van der Waals surface area contributed by atoms with Gasteiger partial charge in [0, 0.05) is 22.6 Å². The molecule has 1 N–H and O–H groups in total. The lowest BCUT2D eigenvalue weighted by Crippen LogP contribution is -2.12. The molecule has 3 rings (SSSR count). The first-order valence-electron chi connectivity index (χ1n) is 7.27. The van der Waals surface area contributed by atoms with Crippen molar-refractivity contribution in [2.24, 2.45) is 0 Å². The van der Waals surface area contributed by atoms with Gasteiger partial charge in [0.25, 0.3) is 5.91 Å². The summed E-state index contributed by atoms with van der Waals surface area (Å²) >= 11 is 1.56. The van der Waals surface area contributed by atoms with Gasteiger partial charge in [-0.15, -0.1) is 0 Å². The molecule has 7 nitrogen and oxygen atoms in total. The van der Waals surface area contributed by atoms with Crippen molar-refractivity contribution in [3.05, 3.63) is 40.6 Å². The van der Waals surface area contributed by atoms with Crippen molar-refractivity contribution >= 4 is 23.1 Å². The van der Waals surface area contributed by atoms with Gasteiger partial charge in [-0.25, -0.2) is 0 Å². The van der Waals surface area contributed by atoms with E-state index in [2.05, 4.69) is 10.5 Å². The average molecular weight is 360 g/mol. The van der Waals surface area contributed by atoms with E-state index in [1.807, 2.05) is 16.8 Å². The first-order chi connectivity index (χ1) is 12.2. The molecule has 0 radical (unpaired) electrons. The highest BCUT2D eigenvalue weighted by molar-refractivity contribution is 7.08. The third-order valence-electron chi connectivity index (χ3n) is 3.49. The van der Waals surface area contributed by atoms with Gasteiger partial charge in [0.2, 0.25) is 11.6 Å². The van der Waals surface area contributed by atoms with E-state index in [1.54, 1.807) is 29.5 Å². The van der Waals surface area contributed by atoms with Crippen molar-refractivity contribution in [1.29, 1.82) is 0 Å². The number of thiophene rings is 1. The molecular formula is C17H16N2O5S. The zero-order valence-corrected chi connectivity index (χ0v) is 14.7. The summed E-state index contributed by atoms with van der Waals surface area (Å²) in [4.78, 5) is 12.5. The summed E-state index contributed by atoms with van der Waals surface area (Å²) in [5.74, 6) is 1.07. The van der Waals surface area contributed by atoms with Crippen LogP contribution < -0.4 is 19.5 Å². The van der Waals surface area contributed by atoms with Gasteiger partial charge in [0.05, 0.1) is 21.3 Å². The zero-order valence-electron chi connectivity index (χ0n) is 13.9. The first-order valence-corrected chi connectivity index (χ1v) is 8.21. The molecule has 0 unspecified atom stereocenters. The summed E-state index contributed by atoms with van der Waals surface area (Å²) in [5, 5.41) is 10.5. The number of aromatic nitrogens is 1. The number of ether oxygens (including phenoxy) is 3. The van der Waals surface area contributed by atoms with Crippen molar-refractivity contribution in [2.75, 3.05) is 26.6 Å². The molecule has 0 aliphatic carbocycles. The van der Waals surface area contributed by atoms with Crippen LogP contribution in [0.3, 0.4) is 0 Å². The van der Waals surface area contributed by atoms with Crippen molar-refractivity contribution in [1.82, 2.24) is 5.16 Å². The number of anilines is 1. The zero-order chi connectivity index (χ0) is 17.8. The lowest BCUT2D eigenvalue weighted by molar-refractivity contribution is 0.102. The summed E-state index contributed by atoms with van der Waals surface area (Å²) in [6.45, 7) is 0. The van der Waals surface area contributed by atoms with Crippen LogP contribution in [0.2, 0.25) is 0 Å².